The number of hydrazine groups is 1. The third-order valence-corrected chi connectivity index (χ3v) is 4.51. The summed E-state index contributed by atoms with van der Waals surface area (Å²) < 4.78 is 5.04. The minimum atomic E-state index is -0.517. The first-order valence-corrected chi connectivity index (χ1v) is 8.20. The predicted molar refractivity (Wildman–Crippen MR) is 99.2 cm³/mol. The number of ether oxygens (including phenoxy) is 1. The molecule has 2 aromatic rings. The zero-order valence-electron chi connectivity index (χ0n) is 14.5. The fourth-order valence-electron chi connectivity index (χ4n) is 2.60. The van der Waals surface area contributed by atoms with E-state index in [2.05, 4.69) is 5.43 Å². The average Bonchev–Trinajstić information content (AvgIpc) is 2.88. The molecule has 2 amide bonds. The van der Waals surface area contributed by atoms with Crippen LogP contribution in [0.3, 0.4) is 0 Å². The van der Waals surface area contributed by atoms with Gasteiger partial charge in [-0.05, 0) is 60.9 Å². The molecule has 3 rings (SSSR count). The third-order valence-electron chi connectivity index (χ3n) is 4.22. The van der Waals surface area contributed by atoms with E-state index in [1.54, 1.807) is 6.07 Å². The maximum absolute atomic E-state index is 12.7. The van der Waals surface area contributed by atoms with Gasteiger partial charge in [-0.15, -0.1) is 0 Å². The second kappa shape index (κ2) is 6.72. The van der Waals surface area contributed by atoms with Crippen LogP contribution in [0.2, 0.25) is 5.02 Å². The number of phenols is 1. The van der Waals surface area contributed by atoms with E-state index >= 15 is 0 Å². The summed E-state index contributed by atoms with van der Waals surface area (Å²) in [5, 5.41) is 11.1. The first-order valence-electron chi connectivity index (χ1n) is 7.82. The Labute approximate surface area is 155 Å². The molecule has 0 unspecified atom stereocenters. The molecule has 2 N–H and O–H groups in total. The average molecular weight is 373 g/mol. The molecule has 6 nitrogen and oxygen atoms in total. The van der Waals surface area contributed by atoms with E-state index in [-0.39, 0.29) is 22.1 Å². The Morgan fingerprint density at radius 2 is 1.88 bits per heavy atom. The number of aryl methyl sites for hydroxylation is 2. The maximum Gasteiger partial charge on any atom is 0.282 e. The second-order valence-electron chi connectivity index (χ2n) is 5.96. The number of rotatable bonds is 3. The molecule has 1 saturated heterocycles. The Morgan fingerprint density at radius 1 is 1.15 bits per heavy atom. The van der Waals surface area contributed by atoms with Crippen molar-refractivity contribution in [2.24, 2.45) is 0 Å². The molecule has 0 atom stereocenters. The van der Waals surface area contributed by atoms with E-state index in [1.165, 1.54) is 30.3 Å². The number of nitrogens with zero attached hydrogens (tertiary/aromatic N) is 1. The molecule has 1 fully saturated rings. The number of hydrogen-bond acceptors (Lipinski definition) is 4. The number of anilines is 1. The van der Waals surface area contributed by atoms with Crippen LogP contribution in [-0.4, -0.2) is 24.0 Å². The Balaban J connectivity index is 1.98. The van der Waals surface area contributed by atoms with Crippen LogP contribution >= 0.6 is 11.6 Å². The summed E-state index contributed by atoms with van der Waals surface area (Å²) in [7, 11) is 1.39. The van der Waals surface area contributed by atoms with Crippen LogP contribution in [0.5, 0.6) is 11.5 Å². The van der Waals surface area contributed by atoms with Crippen LogP contribution < -0.4 is 15.2 Å². The summed E-state index contributed by atoms with van der Waals surface area (Å²) >= 11 is 5.96. The highest BCUT2D eigenvalue weighted by Crippen LogP contribution is 2.36. The van der Waals surface area contributed by atoms with Crippen molar-refractivity contribution in [3.8, 4) is 11.5 Å². The Morgan fingerprint density at radius 3 is 2.54 bits per heavy atom. The van der Waals surface area contributed by atoms with E-state index in [0.717, 1.165) is 11.1 Å². The highest BCUT2D eigenvalue weighted by atomic mass is 35.5. The molecule has 7 heteroatoms. The predicted octanol–water partition coefficient (Wildman–Crippen LogP) is 3.13. The summed E-state index contributed by atoms with van der Waals surface area (Å²) in [5.74, 6) is -1.03. The van der Waals surface area contributed by atoms with Crippen LogP contribution in [0.25, 0.3) is 6.08 Å². The summed E-state index contributed by atoms with van der Waals surface area (Å²) in [6.07, 6.45) is 1.41. The third kappa shape index (κ3) is 3.11. The van der Waals surface area contributed by atoms with Crippen LogP contribution in [0.4, 0.5) is 5.69 Å². The molecule has 1 heterocycles. The van der Waals surface area contributed by atoms with Gasteiger partial charge in [0.05, 0.1) is 17.8 Å². The van der Waals surface area contributed by atoms with E-state index in [9.17, 15) is 14.7 Å². The van der Waals surface area contributed by atoms with E-state index in [0.29, 0.717) is 11.3 Å². The molecular formula is C19H17ClN2O4. The lowest BCUT2D eigenvalue weighted by molar-refractivity contribution is -0.117. The number of nitrogens with one attached hydrogen (secondary N) is 1. The molecule has 0 aliphatic carbocycles. The van der Waals surface area contributed by atoms with Gasteiger partial charge in [-0.3, -0.25) is 15.0 Å². The minimum Gasteiger partial charge on any atom is -0.503 e. The smallest absolute Gasteiger partial charge is 0.282 e. The zero-order chi connectivity index (χ0) is 19.0. The van der Waals surface area contributed by atoms with Gasteiger partial charge in [0, 0.05) is 0 Å². The number of halogens is 1. The quantitative estimate of drug-likeness (QED) is 0.641. The first kappa shape index (κ1) is 17.8. The lowest BCUT2D eigenvalue weighted by Gasteiger charge is -2.16. The summed E-state index contributed by atoms with van der Waals surface area (Å²) in [6.45, 7) is 3.90. The minimum absolute atomic E-state index is 0.0352. The number of aromatic hydroxyl groups is 1. The number of amides is 2. The van der Waals surface area contributed by atoms with Crippen molar-refractivity contribution in [3.05, 3.63) is 57.6 Å². The molecule has 0 aromatic heterocycles. The monoisotopic (exact) mass is 372 g/mol. The van der Waals surface area contributed by atoms with Crippen molar-refractivity contribution in [1.29, 1.82) is 0 Å². The van der Waals surface area contributed by atoms with Crippen molar-refractivity contribution in [1.82, 2.24) is 5.43 Å². The van der Waals surface area contributed by atoms with Gasteiger partial charge in [0.1, 0.15) is 5.57 Å². The second-order valence-corrected chi connectivity index (χ2v) is 6.37. The number of methoxy groups -OCH3 is 1. The van der Waals surface area contributed by atoms with E-state index in [1.807, 2.05) is 26.0 Å². The van der Waals surface area contributed by atoms with Gasteiger partial charge in [-0.25, -0.2) is 5.01 Å². The van der Waals surface area contributed by atoms with Gasteiger partial charge in [0.2, 0.25) is 0 Å². The van der Waals surface area contributed by atoms with Crippen LogP contribution in [0.1, 0.15) is 16.7 Å². The SMILES string of the molecule is COc1cc(C=C2C(=O)NN(c3ccc(C)c(C)c3)C2=O)cc(Cl)c1O. The van der Waals surface area contributed by atoms with Crippen molar-refractivity contribution >= 4 is 35.2 Å². The molecule has 134 valence electrons. The molecule has 2 aromatic carbocycles. The van der Waals surface area contributed by atoms with Crippen LogP contribution in [-0.2, 0) is 9.59 Å². The van der Waals surface area contributed by atoms with Gasteiger partial charge in [-0.2, -0.15) is 0 Å². The van der Waals surface area contributed by atoms with Gasteiger partial charge in [0.25, 0.3) is 11.8 Å². The normalized spacial score (nSPS) is 15.5. The van der Waals surface area contributed by atoms with E-state index < -0.39 is 11.8 Å². The van der Waals surface area contributed by atoms with Crippen molar-refractivity contribution < 1.29 is 19.4 Å². The Hall–Kier alpha value is -2.99. The lowest BCUT2D eigenvalue weighted by Crippen LogP contribution is -2.35. The summed E-state index contributed by atoms with van der Waals surface area (Å²) in [6, 6.07) is 8.43. The standard InChI is InChI=1S/C19H17ClN2O4/c1-10-4-5-13(6-11(10)2)22-19(25)14(18(24)21-22)7-12-8-15(20)17(23)16(9-12)26-3/h4-9,23H,1-3H3,(H,21,24). The molecule has 0 radical (unpaired) electrons. The number of benzene rings is 2. The largest absolute Gasteiger partial charge is 0.503 e. The Bertz CT molecular complexity index is 953. The molecule has 1 aliphatic heterocycles. The number of carbonyl (C=O) groups is 2. The highest BCUT2D eigenvalue weighted by Gasteiger charge is 2.34. The molecule has 0 spiro atoms. The fraction of sp³-hybridized carbons (Fsp3) is 0.158. The molecule has 0 saturated carbocycles. The number of carbonyl (C=O) groups excluding carboxylic acids is 2. The fourth-order valence-corrected chi connectivity index (χ4v) is 2.82. The van der Waals surface area contributed by atoms with Crippen molar-refractivity contribution in [2.75, 3.05) is 12.1 Å². The Kier molecular flexibility index (Phi) is 4.61. The van der Waals surface area contributed by atoms with Gasteiger partial charge >= 0.3 is 0 Å². The van der Waals surface area contributed by atoms with Crippen molar-refractivity contribution in [3.63, 3.8) is 0 Å². The van der Waals surface area contributed by atoms with Crippen LogP contribution in [0, 0.1) is 13.8 Å². The zero-order valence-corrected chi connectivity index (χ0v) is 15.2. The van der Waals surface area contributed by atoms with Crippen molar-refractivity contribution in [2.45, 2.75) is 13.8 Å². The lowest BCUT2D eigenvalue weighted by atomic mass is 10.1. The van der Waals surface area contributed by atoms with E-state index in [4.69, 9.17) is 16.3 Å². The van der Waals surface area contributed by atoms with Gasteiger partial charge in [-0.1, -0.05) is 17.7 Å². The van der Waals surface area contributed by atoms with Gasteiger partial charge in [0.15, 0.2) is 11.5 Å². The maximum atomic E-state index is 12.7. The summed E-state index contributed by atoms with van der Waals surface area (Å²) in [4.78, 5) is 25.0. The van der Waals surface area contributed by atoms with Crippen LogP contribution in [0.15, 0.2) is 35.9 Å². The number of hydrogen-bond donors (Lipinski definition) is 2. The molecule has 0 bridgehead atoms. The molecular weight excluding hydrogens is 356 g/mol. The topological polar surface area (TPSA) is 78.9 Å². The first-order chi connectivity index (χ1) is 12.3. The number of phenolic OH excluding ortho intramolecular Hbond substituents is 1. The van der Waals surface area contributed by atoms with Gasteiger partial charge < -0.3 is 9.84 Å². The molecule has 1 aliphatic rings. The highest BCUT2D eigenvalue weighted by molar-refractivity contribution is 6.33. The summed E-state index contributed by atoms with van der Waals surface area (Å²) in [5.41, 5.74) is 5.66. The molecule has 26 heavy (non-hydrogen) atoms.